The van der Waals surface area contributed by atoms with Crippen molar-refractivity contribution in [3.8, 4) is 0 Å². The highest BCUT2D eigenvalue weighted by atomic mass is 32.2. The fraction of sp³-hybridized carbons (Fsp3) is 0.500. The minimum absolute atomic E-state index is 0.0641. The summed E-state index contributed by atoms with van der Waals surface area (Å²) in [6.45, 7) is 0.724. The summed E-state index contributed by atoms with van der Waals surface area (Å²) in [6.07, 6.45) is 2.60. The third kappa shape index (κ3) is 4.07. The van der Waals surface area contributed by atoms with Gasteiger partial charge in [-0.05, 0) is 30.9 Å². The summed E-state index contributed by atoms with van der Waals surface area (Å²) in [5.41, 5.74) is -0.145. The minimum atomic E-state index is -3.27. The van der Waals surface area contributed by atoms with E-state index in [0.717, 1.165) is 24.8 Å². The second-order valence-corrected chi connectivity index (χ2v) is 7.36. The molecule has 116 valence electrons. The number of hydrogen-bond donors (Lipinski definition) is 0. The second kappa shape index (κ2) is 6.19. The number of halogens is 2. The number of sulfonamides is 1. The molecule has 7 heteroatoms. The van der Waals surface area contributed by atoms with Gasteiger partial charge in [-0.1, -0.05) is 0 Å². The van der Waals surface area contributed by atoms with Crippen LogP contribution in [-0.2, 0) is 10.0 Å². The molecule has 4 nitrogen and oxygen atoms in total. The van der Waals surface area contributed by atoms with E-state index in [-0.39, 0.29) is 24.4 Å². The van der Waals surface area contributed by atoms with E-state index in [0.29, 0.717) is 19.0 Å². The number of carbonyl (C=O) groups excluding carboxylic acids is 1. The molecule has 1 aliphatic heterocycles. The van der Waals surface area contributed by atoms with Crippen LogP contribution in [0.15, 0.2) is 18.2 Å². The van der Waals surface area contributed by atoms with Crippen molar-refractivity contribution in [1.29, 1.82) is 0 Å². The first kappa shape index (κ1) is 16.0. The fourth-order valence-corrected chi connectivity index (χ4v) is 3.52. The largest absolute Gasteiger partial charge is 0.294 e. The van der Waals surface area contributed by atoms with Crippen molar-refractivity contribution in [3.63, 3.8) is 0 Å². The number of rotatable bonds is 4. The molecule has 0 radical (unpaired) electrons. The monoisotopic (exact) mass is 317 g/mol. The van der Waals surface area contributed by atoms with Gasteiger partial charge < -0.3 is 0 Å². The maximum absolute atomic E-state index is 13.6. The number of nitrogens with zero attached hydrogens (tertiary/aromatic N) is 1. The Labute approximate surface area is 122 Å². The zero-order chi connectivity index (χ0) is 15.6. The Bertz CT molecular complexity index is 646. The maximum atomic E-state index is 13.6. The fourth-order valence-electron chi connectivity index (χ4n) is 2.58. The minimum Gasteiger partial charge on any atom is -0.294 e. The Balaban J connectivity index is 2.05. The Kier molecular flexibility index (Phi) is 4.73. The van der Waals surface area contributed by atoms with Crippen molar-refractivity contribution in [3.05, 3.63) is 35.4 Å². The number of ketones is 1. The molecular weight excluding hydrogens is 300 g/mol. The van der Waals surface area contributed by atoms with Gasteiger partial charge in [-0.25, -0.2) is 21.5 Å². The molecule has 0 bridgehead atoms. The standard InChI is InChI=1S/C14H17F2NO3S/c1-21(19,20)17-6-2-3-10(9-17)7-14(18)12-5-4-11(15)8-13(12)16/h4-5,8,10H,2-3,6-7,9H2,1H3. The van der Waals surface area contributed by atoms with Crippen molar-refractivity contribution in [2.75, 3.05) is 19.3 Å². The smallest absolute Gasteiger partial charge is 0.211 e. The summed E-state index contributed by atoms with van der Waals surface area (Å²) in [7, 11) is -3.27. The number of Topliss-reactive ketones (excluding diaryl/α,β-unsaturated/α-hetero) is 1. The first-order valence-corrected chi connectivity index (χ1v) is 8.55. The highest BCUT2D eigenvalue weighted by Gasteiger charge is 2.28. The Morgan fingerprint density at radius 2 is 2.10 bits per heavy atom. The van der Waals surface area contributed by atoms with Crippen molar-refractivity contribution in [2.24, 2.45) is 5.92 Å². The van der Waals surface area contributed by atoms with E-state index < -0.39 is 27.4 Å². The van der Waals surface area contributed by atoms with E-state index in [1.807, 2.05) is 0 Å². The van der Waals surface area contributed by atoms with Gasteiger partial charge in [0.1, 0.15) is 11.6 Å². The first-order chi connectivity index (χ1) is 9.77. The van der Waals surface area contributed by atoms with Gasteiger partial charge in [-0.2, -0.15) is 0 Å². The zero-order valence-corrected chi connectivity index (χ0v) is 12.5. The van der Waals surface area contributed by atoms with Crippen LogP contribution >= 0.6 is 0 Å². The van der Waals surface area contributed by atoms with Gasteiger partial charge in [0.05, 0.1) is 11.8 Å². The molecule has 1 atom stereocenters. The molecule has 21 heavy (non-hydrogen) atoms. The van der Waals surface area contributed by atoms with Crippen molar-refractivity contribution in [2.45, 2.75) is 19.3 Å². The van der Waals surface area contributed by atoms with Gasteiger partial charge >= 0.3 is 0 Å². The van der Waals surface area contributed by atoms with E-state index in [1.54, 1.807) is 0 Å². The molecule has 0 N–H and O–H groups in total. The van der Waals surface area contributed by atoms with E-state index >= 15 is 0 Å². The van der Waals surface area contributed by atoms with Crippen LogP contribution in [0.3, 0.4) is 0 Å². The summed E-state index contributed by atoms with van der Waals surface area (Å²) in [6, 6.07) is 2.85. The SMILES string of the molecule is CS(=O)(=O)N1CCCC(CC(=O)c2ccc(F)cc2F)C1. The molecule has 0 saturated carbocycles. The highest BCUT2D eigenvalue weighted by Crippen LogP contribution is 2.24. The van der Waals surface area contributed by atoms with Crippen LogP contribution in [0.2, 0.25) is 0 Å². The van der Waals surface area contributed by atoms with Crippen molar-refractivity contribution < 1.29 is 22.0 Å². The van der Waals surface area contributed by atoms with E-state index in [1.165, 1.54) is 4.31 Å². The van der Waals surface area contributed by atoms with Gasteiger partial charge in [0.15, 0.2) is 5.78 Å². The average Bonchev–Trinajstić information content (AvgIpc) is 2.37. The quantitative estimate of drug-likeness (QED) is 0.800. The van der Waals surface area contributed by atoms with Crippen LogP contribution in [-0.4, -0.2) is 37.9 Å². The Hall–Kier alpha value is -1.34. The van der Waals surface area contributed by atoms with E-state index in [4.69, 9.17) is 0 Å². The molecule has 1 unspecified atom stereocenters. The van der Waals surface area contributed by atoms with Crippen LogP contribution in [0.4, 0.5) is 8.78 Å². The van der Waals surface area contributed by atoms with Crippen LogP contribution < -0.4 is 0 Å². The lowest BCUT2D eigenvalue weighted by molar-refractivity contribution is 0.0938. The molecule has 1 aliphatic rings. The molecule has 0 amide bonds. The number of piperidine rings is 1. The predicted octanol–water partition coefficient (Wildman–Crippen LogP) is 2.21. The molecule has 0 aromatic heterocycles. The second-order valence-electron chi connectivity index (χ2n) is 5.38. The Morgan fingerprint density at radius 3 is 2.71 bits per heavy atom. The van der Waals surface area contributed by atoms with Gasteiger partial charge in [0, 0.05) is 25.6 Å². The molecule has 0 spiro atoms. The van der Waals surface area contributed by atoms with Crippen molar-refractivity contribution in [1.82, 2.24) is 4.31 Å². The number of hydrogen-bond acceptors (Lipinski definition) is 3. The summed E-state index contributed by atoms with van der Waals surface area (Å²) >= 11 is 0. The number of carbonyl (C=O) groups is 1. The molecule has 1 saturated heterocycles. The lowest BCUT2D eigenvalue weighted by Crippen LogP contribution is -2.39. The summed E-state index contributed by atoms with van der Waals surface area (Å²) in [5, 5.41) is 0. The molecule has 1 fully saturated rings. The summed E-state index contributed by atoms with van der Waals surface area (Å²) in [5.74, 6) is -2.17. The molecule has 1 aromatic rings. The lowest BCUT2D eigenvalue weighted by Gasteiger charge is -2.30. The summed E-state index contributed by atoms with van der Waals surface area (Å²) in [4.78, 5) is 12.1. The van der Waals surface area contributed by atoms with Gasteiger partial charge in [-0.15, -0.1) is 0 Å². The molecule has 1 aromatic carbocycles. The number of benzene rings is 1. The third-order valence-electron chi connectivity index (χ3n) is 3.66. The van der Waals surface area contributed by atoms with E-state index in [2.05, 4.69) is 0 Å². The zero-order valence-electron chi connectivity index (χ0n) is 11.7. The maximum Gasteiger partial charge on any atom is 0.211 e. The molecule has 0 aliphatic carbocycles. The normalized spacial score (nSPS) is 20.4. The van der Waals surface area contributed by atoms with Crippen LogP contribution in [0.5, 0.6) is 0 Å². The highest BCUT2D eigenvalue weighted by molar-refractivity contribution is 7.88. The van der Waals surface area contributed by atoms with Gasteiger partial charge in [0.2, 0.25) is 10.0 Å². The molecule has 1 heterocycles. The van der Waals surface area contributed by atoms with Crippen LogP contribution in [0.25, 0.3) is 0 Å². The average molecular weight is 317 g/mol. The topological polar surface area (TPSA) is 54.5 Å². The third-order valence-corrected chi connectivity index (χ3v) is 4.93. The van der Waals surface area contributed by atoms with Crippen LogP contribution in [0, 0.1) is 17.6 Å². The lowest BCUT2D eigenvalue weighted by atomic mass is 9.92. The van der Waals surface area contributed by atoms with Gasteiger partial charge in [-0.3, -0.25) is 4.79 Å². The van der Waals surface area contributed by atoms with Gasteiger partial charge in [0.25, 0.3) is 0 Å². The molecular formula is C14H17F2NO3S. The van der Waals surface area contributed by atoms with E-state index in [9.17, 15) is 22.0 Å². The molecule has 2 rings (SSSR count). The first-order valence-electron chi connectivity index (χ1n) is 6.71. The Morgan fingerprint density at radius 1 is 1.38 bits per heavy atom. The van der Waals surface area contributed by atoms with Crippen LogP contribution in [0.1, 0.15) is 29.6 Å². The predicted molar refractivity (Wildman–Crippen MR) is 74.4 cm³/mol. The van der Waals surface area contributed by atoms with Crippen molar-refractivity contribution >= 4 is 15.8 Å². The summed E-state index contributed by atoms with van der Waals surface area (Å²) < 4.78 is 50.8.